The van der Waals surface area contributed by atoms with Crippen LogP contribution in [0.2, 0.25) is 0 Å². The zero-order valence-electron chi connectivity index (χ0n) is 15.4. The van der Waals surface area contributed by atoms with Crippen molar-refractivity contribution in [2.45, 2.75) is 18.8 Å². The van der Waals surface area contributed by atoms with Gasteiger partial charge in [-0.1, -0.05) is 30.3 Å². The van der Waals surface area contributed by atoms with Crippen molar-refractivity contribution in [2.24, 2.45) is 0 Å². The molecular weight excluding hydrogens is 368 g/mol. The third-order valence-electron chi connectivity index (χ3n) is 5.22. The van der Waals surface area contributed by atoms with E-state index in [2.05, 4.69) is 17.2 Å². The van der Waals surface area contributed by atoms with Gasteiger partial charge in [0, 0.05) is 25.2 Å². The van der Waals surface area contributed by atoms with Crippen LogP contribution in [0.3, 0.4) is 0 Å². The number of piperidine rings is 1. The van der Waals surface area contributed by atoms with Gasteiger partial charge in [-0.05, 0) is 37.1 Å². The fourth-order valence-corrected chi connectivity index (χ4v) is 4.86. The lowest BCUT2D eigenvalue weighted by molar-refractivity contribution is 0.0707. The Kier molecular flexibility index (Phi) is 4.41. The number of aromatic nitrogens is 3. The van der Waals surface area contributed by atoms with E-state index < -0.39 is 0 Å². The summed E-state index contributed by atoms with van der Waals surface area (Å²) in [7, 11) is 0. The summed E-state index contributed by atoms with van der Waals surface area (Å²) in [6.07, 6.45) is 5.56. The van der Waals surface area contributed by atoms with Crippen molar-refractivity contribution in [1.82, 2.24) is 19.7 Å². The number of para-hydroxylation sites is 2. The van der Waals surface area contributed by atoms with Crippen LogP contribution >= 0.6 is 11.3 Å². The van der Waals surface area contributed by atoms with Gasteiger partial charge >= 0.3 is 0 Å². The van der Waals surface area contributed by atoms with Gasteiger partial charge < -0.3 is 4.90 Å². The first-order chi connectivity index (χ1) is 13.8. The summed E-state index contributed by atoms with van der Waals surface area (Å²) in [5.74, 6) is 0.354. The Morgan fingerprint density at radius 2 is 1.89 bits per heavy atom. The topological polar surface area (TPSA) is 51.0 Å². The monoisotopic (exact) mass is 388 g/mol. The number of thiazole rings is 1. The number of benzene rings is 2. The van der Waals surface area contributed by atoms with Crippen molar-refractivity contribution >= 4 is 27.5 Å². The van der Waals surface area contributed by atoms with Crippen LogP contribution in [-0.2, 0) is 0 Å². The molecule has 1 amide bonds. The highest BCUT2D eigenvalue weighted by molar-refractivity contribution is 7.18. The molecular formula is C22H20N4OS. The maximum absolute atomic E-state index is 13.0. The van der Waals surface area contributed by atoms with Crippen molar-refractivity contribution < 1.29 is 4.79 Å². The van der Waals surface area contributed by atoms with Crippen LogP contribution in [0.25, 0.3) is 15.9 Å². The van der Waals surface area contributed by atoms with Gasteiger partial charge in [0.1, 0.15) is 0 Å². The van der Waals surface area contributed by atoms with Crippen molar-refractivity contribution in [2.75, 3.05) is 13.1 Å². The number of hydrogen-bond donors (Lipinski definition) is 0. The smallest absolute Gasteiger partial charge is 0.257 e. The third kappa shape index (κ3) is 3.20. The summed E-state index contributed by atoms with van der Waals surface area (Å²) >= 11 is 1.75. The fourth-order valence-electron chi connectivity index (χ4n) is 3.77. The Balaban J connectivity index is 1.35. The van der Waals surface area contributed by atoms with Crippen LogP contribution in [-0.4, -0.2) is 38.7 Å². The molecule has 4 aromatic rings. The van der Waals surface area contributed by atoms with Gasteiger partial charge in [0.2, 0.25) is 0 Å². The van der Waals surface area contributed by atoms with Gasteiger partial charge in [-0.15, -0.1) is 11.3 Å². The molecule has 1 aliphatic heterocycles. The largest absolute Gasteiger partial charge is 0.338 e. The van der Waals surface area contributed by atoms with Gasteiger partial charge in [0.05, 0.1) is 32.7 Å². The molecule has 28 heavy (non-hydrogen) atoms. The fraction of sp³-hybridized carbons (Fsp3) is 0.227. The standard InChI is InChI=1S/C22H20N4OS/c27-22(17-13-23-26(15-17)18-8-2-1-3-9-18)25-12-6-7-16(14-25)21-24-19-10-4-5-11-20(19)28-21/h1-5,8-11,13,15-16H,6-7,12,14H2/t16-/m1/s1. The number of hydrogen-bond acceptors (Lipinski definition) is 4. The van der Waals surface area contributed by atoms with E-state index in [-0.39, 0.29) is 5.91 Å². The molecule has 0 aliphatic carbocycles. The van der Waals surface area contributed by atoms with Crippen LogP contribution in [0, 0.1) is 0 Å². The van der Waals surface area contributed by atoms with E-state index in [1.54, 1.807) is 22.2 Å². The highest BCUT2D eigenvalue weighted by atomic mass is 32.1. The van der Waals surface area contributed by atoms with Gasteiger partial charge in [0.25, 0.3) is 5.91 Å². The highest BCUT2D eigenvalue weighted by Crippen LogP contribution is 2.33. The second kappa shape index (κ2) is 7.20. The Bertz CT molecular complexity index is 1080. The minimum atomic E-state index is 0.0491. The molecule has 2 aromatic carbocycles. The second-order valence-electron chi connectivity index (χ2n) is 7.12. The maximum atomic E-state index is 13.0. The Hall–Kier alpha value is -2.99. The number of likely N-dealkylation sites (tertiary alicyclic amines) is 1. The molecule has 0 unspecified atom stereocenters. The normalized spacial score (nSPS) is 17.1. The van der Waals surface area contributed by atoms with Crippen molar-refractivity contribution in [3.8, 4) is 5.69 Å². The molecule has 2 aromatic heterocycles. The number of fused-ring (bicyclic) bond motifs is 1. The average Bonchev–Trinajstić information content (AvgIpc) is 3.41. The molecule has 0 bridgehead atoms. The molecule has 1 fully saturated rings. The van der Waals surface area contributed by atoms with E-state index in [9.17, 15) is 4.79 Å². The molecule has 1 aliphatic rings. The van der Waals surface area contributed by atoms with Gasteiger partial charge in [-0.2, -0.15) is 5.10 Å². The van der Waals surface area contributed by atoms with E-state index in [0.29, 0.717) is 11.5 Å². The van der Waals surface area contributed by atoms with Crippen LogP contribution in [0.5, 0.6) is 0 Å². The zero-order chi connectivity index (χ0) is 18.9. The molecule has 6 heteroatoms. The van der Waals surface area contributed by atoms with Gasteiger partial charge in [-0.3, -0.25) is 4.79 Å². The first-order valence-electron chi connectivity index (χ1n) is 9.53. The first kappa shape index (κ1) is 17.1. The van der Waals surface area contributed by atoms with Crippen LogP contribution in [0.1, 0.15) is 34.1 Å². The quantitative estimate of drug-likeness (QED) is 0.519. The lowest BCUT2D eigenvalue weighted by atomic mass is 9.98. The molecule has 140 valence electrons. The number of carbonyl (C=O) groups is 1. The molecule has 0 radical (unpaired) electrons. The van der Waals surface area contributed by atoms with Crippen LogP contribution in [0.15, 0.2) is 67.0 Å². The highest BCUT2D eigenvalue weighted by Gasteiger charge is 2.28. The molecule has 0 saturated carbocycles. The second-order valence-corrected chi connectivity index (χ2v) is 8.18. The Morgan fingerprint density at radius 1 is 1.07 bits per heavy atom. The molecule has 5 rings (SSSR count). The van der Waals surface area contributed by atoms with E-state index in [1.807, 2.05) is 53.6 Å². The van der Waals surface area contributed by atoms with Crippen LogP contribution in [0.4, 0.5) is 0 Å². The molecule has 1 saturated heterocycles. The molecule has 1 atom stereocenters. The molecule has 5 nitrogen and oxygen atoms in total. The number of rotatable bonds is 3. The summed E-state index contributed by atoms with van der Waals surface area (Å²) in [5, 5.41) is 5.50. The molecule has 0 spiro atoms. The van der Waals surface area contributed by atoms with Crippen molar-refractivity contribution in [3.05, 3.63) is 77.6 Å². The summed E-state index contributed by atoms with van der Waals surface area (Å²) in [4.78, 5) is 19.8. The SMILES string of the molecule is O=C(c1cnn(-c2ccccc2)c1)N1CCC[C@@H](c2nc3ccccc3s2)C1. The number of carbonyl (C=O) groups excluding carboxylic acids is 1. The summed E-state index contributed by atoms with van der Waals surface area (Å²) in [6, 6.07) is 18.1. The summed E-state index contributed by atoms with van der Waals surface area (Å²) < 4.78 is 2.97. The van der Waals surface area contributed by atoms with Gasteiger partial charge in [0.15, 0.2) is 0 Å². The lowest BCUT2D eigenvalue weighted by Crippen LogP contribution is -2.39. The molecule has 0 N–H and O–H groups in total. The minimum absolute atomic E-state index is 0.0491. The first-order valence-corrected chi connectivity index (χ1v) is 10.3. The van der Waals surface area contributed by atoms with E-state index in [0.717, 1.165) is 42.1 Å². The predicted molar refractivity (Wildman–Crippen MR) is 111 cm³/mol. The number of amides is 1. The average molecular weight is 388 g/mol. The Morgan fingerprint density at radius 3 is 2.75 bits per heavy atom. The van der Waals surface area contributed by atoms with Crippen LogP contribution < -0.4 is 0 Å². The Labute approximate surface area is 167 Å². The predicted octanol–water partition coefficient (Wildman–Crippen LogP) is 4.50. The summed E-state index contributed by atoms with van der Waals surface area (Å²) in [5.41, 5.74) is 2.64. The number of nitrogens with zero attached hydrogens (tertiary/aromatic N) is 4. The van der Waals surface area contributed by atoms with Crippen molar-refractivity contribution in [3.63, 3.8) is 0 Å². The molecule has 3 heterocycles. The zero-order valence-corrected chi connectivity index (χ0v) is 16.2. The minimum Gasteiger partial charge on any atom is -0.338 e. The maximum Gasteiger partial charge on any atom is 0.257 e. The van der Waals surface area contributed by atoms with E-state index >= 15 is 0 Å². The summed E-state index contributed by atoms with van der Waals surface area (Å²) in [6.45, 7) is 1.51. The van der Waals surface area contributed by atoms with E-state index in [1.165, 1.54) is 4.70 Å². The van der Waals surface area contributed by atoms with E-state index in [4.69, 9.17) is 4.98 Å². The van der Waals surface area contributed by atoms with Gasteiger partial charge in [-0.25, -0.2) is 9.67 Å². The lowest BCUT2D eigenvalue weighted by Gasteiger charge is -2.31. The van der Waals surface area contributed by atoms with Crippen molar-refractivity contribution in [1.29, 1.82) is 0 Å². The third-order valence-corrected chi connectivity index (χ3v) is 6.42.